The molecule has 2 aromatic rings. The molecule has 4 rings (SSSR count). The summed E-state index contributed by atoms with van der Waals surface area (Å²) in [6.07, 6.45) is 6.21. The van der Waals surface area contributed by atoms with Crippen LogP contribution in [0, 0.1) is 5.92 Å². The molecule has 1 fully saturated rings. The Hall–Kier alpha value is -1.93. The van der Waals surface area contributed by atoms with Crippen molar-refractivity contribution in [3.05, 3.63) is 28.8 Å². The van der Waals surface area contributed by atoms with Gasteiger partial charge in [-0.05, 0) is 19.8 Å². The van der Waals surface area contributed by atoms with E-state index in [-0.39, 0.29) is 11.8 Å². The maximum absolute atomic E-state index is 12.6. The molecule has 0 aromatic carbocycles. The Morgan fingerprint density at radius 3 is 3.08 bits per heavy atom. The van der Waals surface area contributed by atoms with Crippen LogP contribution in [0.1, 0.15) is 29.6 Å². The van der Waals surface area contributed by atoms with Crippen molar-refractivity contribution in [2.24, 2.45) is 5.92 Å². The molecule has 8 heteroatoms. The fourth-order valence-electron chi connectivity index (χ4n) is 3.58. The smallest absolute Gasteiger partial charge is 0.223 e. The van der Waals surface area contributed by atoms with Gasteiger partial charge in [0.1, 0.15) is 0 Å². The zero-order valence-corrected chi connectivity index (χ0v) is 15.9. The van der Waals surface area contributed by atoms with E-state index in [1.54, 1.807) is 17.7 Å². The van der Waals surface area contributed by atoms with Crippen LogP contribution >= 0.6 is 11.3 Å². The number of hydrogen-bond donors (Lipinski definition) is 1. The Bertz CT molecular complexity index is 765. The summed E-state index contributed by atoms with van der Waals surface area (Å²) in [6, 6.07) is 0. The van der Waals surface area contributed by atoms with Gasteiger partial charge in [0.05, 0.1) is 37.5 Å². The number of aromatic nitrogens is 3. The topological polar surface area (TPSA) is 72.3 Å². The number of hydrogen-bond acceptors (Lipinski definition) is 6. The fourth-order valence-corrected chi connectivity index (χ4v) is 4.74. The van der Waals surface area contributed by atoms with Gasteiger partial charge in [0.2, 0.25) is 5.91 Å². The number of carbonyl (C=O) groups excluding carboxylic acids is 1. The average Bonchev–Trinajstić information content (AvgIpc) is 3.32. The van der Waals surface area contributed by atoms with E-state index in [1.165, 1.54) is 4.88 Å². The SMILES string of the molecule is CCn1cncc1CNC(=O)C1CCc2sc(N3CCOCC3)nc2C1. The van der Waals surface area contributed by atoms with Crippen LogP contribution in [-0.2, 0) is 35.5 Å². The minimum absolute atomic E-state index is 0.0140. The molecule has 2 aromatic heterocycles. The quantitative estimate of drug-likeness (QED) is 0.860. The number of nitrogens with zero attached hydrogens (tertiary/aromatic N) is 4. The fraction of sp³-hybridized carbons (Fsp3) is 0.611. The van der Waals surface area contributed by atoms with Crippen LogP contribution in [0.4, 0.5) is 5.13 Å². The number of anilines is 1. The first-order valence-corrected chi connectivity index (χ1v) is 10.1. The van der Waals surface area contributed by atoms with Gasteiger partial charge < -0.3 is 19.5 Å². The number of ether oxygens (including phenoxy) is 1. The Morgan fingerprint density at radius 1 is 1.42 bits per heavy atom. The molecule has 26 heavy (non-hydrogen) atoms. The summed E-state index contributed by atoms with van der Waals surface area (Å²) >= 11 is 1.79. The van der Waals surface area contributed by atoms with Gasteiger partial charge in [-0.2, -0.15) is 0 Å². The molecule has 7 nitrogen and oxygen atoms in total. The van der Waals surface area contributed by atoms with Gasteiger partial charge in [-0.1, -0.05) is 0 Å². The Morgan fingerprint density at radius 2 is 2.27 bits per heavy atom. The highest BCUT2D eigenvalue weighted by atomic mass is 32.1. The molecule has 1 atom stereocenters. The maximum atomic E-state index is 12.6. The summed E-state index contributed by atoms with van der Waals surface area (Å²) in [5.41, 5.74) is 2.15. The average molecular weight is 375 g/mol. The largest absolute Gasteiger partial charge is 0.378 e. The number of morpholine rings is 1. The molecule has 2 aliphatic rings. The minimum atomic E-state index is 0.0140. The van der Waals surface area contributed by atoms with Crippen molar-refractivity contribution < 1.29 is 9.53 Å². The molecular weight excluding hydrogens is 350 g/mol. The van der Waals surface area contributed by atoms with E-state index in [1.807, 2.05) is 10.8 Å². The number of fused-ring (bicyclic) bond motifs is 1. The zero-order chi connectivity index (χ0) is 17.9. The number of thiazole rings is 1. The van der Waals surface area contributed by atoms with Crippen LogP contribution in [0.25, 0.3) is 0 Å². The number of carbonyl (C=O) groups is 1. The lowest BCUT2D eigenvalue weighted by Gasteiger charge is -2.26. The number of imidazole rings is 1. The zero-order valence-electron chi connectivity index (χ0n) is 15.1. The second-order valence-electron chi connectivity index (χ2n) is 6.79. The van der Waals surface area contributed by atoms with Crippen molar-refractivity contribution in [1.82, 2.24) is 19.9 Å². The van der Waals surface area contributed by atoms with Crippen molar-refractivity contribution in [3.8, 4) is 0 Å². The van der Waals surface area contributed by atoms with E-state index >= 15 is 0 Å². The van der Waals surface area contributed by atoms with Crippen LogP contribution in [0.2, 0.25) is 0 Å². The lowest BCUT2D eigenvalue weighted by atomic mass is 9.90. The Balaban J connectivity index is 1.36. The van der Waals surface area contributed by atoms with Gasteiger partial charge in [-0.15, -0.1) is 11.3 Å². The van der Waals surface area contributed by atoms with Crippen LogP contribution in [0.3, 0.4) is 0 Å². The van der Waals surface area contributed by atoms with Gasteiger partial charge in [0.15, 0.2) is 5.13 Å². The predicted octanol–water partition coefficient (Wildman–Crippen LogP) is 1.62. The number of rotatable bonds is 5. The second-order valence-corrected chi connectivity index (χ2v) is 7.86. The maximum Gasteiger partial charge on any atom is 0.223 e. The standard InChI is InChI=1S/C18H25N5O2S/c1-2-22-12-19-10-14(22)11-20-17(24)13-3-4-16-15(9-13)21-18(26-16)23-5-7-25-8-6-23/h10,12-13H,2-9,11H2,1H3,(H,20,24). The molecule has 1 N–H and O–H groups in total. The lowest BCUT2D eigenvalue weighted by molar-refractivity contribution is -0.125. The highest BCUT2D eigenvalue weighted by molar-refractivity contribution is 7.15. The van der Waals surface area contributed by atoms with Crippen molar-refractivity contribution in [1.29, 1.82) is 0 Å². The van der Waals surface area contributed by atoms with Gasteiger partial charge in [-0.25, -0.2) is 9.97 Å². The first-order chi connectivity index (χ1) is 12.7. The summed E-state index contributed by atoms with van der Waals surface area (Å²) in [7, 11) is 0. The molecule has 0 saturated carbocycles. The Kier molecular flexibility index (Phi) is 5.21. The van der Waals surface area contributed by atoms with Crippen molar-refractivity contribution in [2.45, 2.75) is 39.3 Å². The number of aryl methyl sites for hydroxylation is 2. The third-order valence-corrected chi connectivity index (χ3v) is 6.38. The normalized spacial score (nSPS) is 20.0. The van der Waals surface area contributed by atoms with E-state index in [0.29, 0.717) is 6.54 Å². The number of nitrogens with one attached hydrogen (secondary N) is 1. The second kappa shape index (κ2) is 7.75. The van der Waals surface area contributed by atoms with Crippen LogP contribution in [0.5, 0.6) is 0 Å². The third-order valence-electron chi connectivity index (χ3n) is 5.16. The van der Waals surface area contributed by atoms with Crippen molar-refractivity contribution in [3.63, 3.8) is 0 Å². The highest BCUT2D eigenvalue weighted by Crippen LogP contribution is 2.34. The highest BCUT2D eigenvalue weighted by Gasteiger charge is 2.28. The van der Waals surface area contributed by atoms with Gasteiger partial charge in [0.25, 0.3) is 0 Å². The molecule has 3 heterocycles. The number of amides is 1. The van der Waals surface area contributed by atoms with E-state index in [0.717, 1.165) is 68.6 Å². The summed E-state index contributed by atoms with van der Waals surface area (Å²) in [5.74, 6) is 0.139. The first kappa shape index (κ1) is 17.5. The summed E-state index contributed by atoms with van der Waals surface area (Å²) < 4.78 is 7.47. The summed E-state index contributed by atoms with van der Waals surface area (Å²) in [5, 5.41) is 4.17. The van der Waals surface area contributed by atoms with Crippen LogP contribution in [-0.4, -0.2) is 46.7 Å². The van der Waals surface area contributed by atoms with Gasteiger partial charge in [0, 0.05) is 43.0 Å². The molecule has 1 saturated heterocycles. The first-order valence-electron chi connectivity index (χ1n) is 9.32. The van der Waals surface area contributed by atoms with E-state index in [4.69, 9.17) is 9.72 Å². The summed E-state index contributed by atoms with van der Waals surface area (Å²) in [6.45, 7) is 6.81. The lowest BCUT2D eigenvalue weighted by Crippen LogP contribution is -2.36. The van der Waals surface area contributed by atoms with Gasteiger partial charge >= 0.3 is 0 Å². The van der Waals surface area contributed by atoms with Crippen LogP contribution < -0.4 is 10.2 Å². The van der Waals surface area contributed by atoms with Crippen LogP contribution in [0.15, 0.2) is 12.5 Å². The predicted molar refractivity (Wildman–Crippen MR) is 100 cm³/mol. The van der Waals surface area contributed by atoms with Crippen molar-refractivity contribution >= 4 is 22.4 Å². The van der Waals surface area contributed by atoms with E-state index < -0.39 is 0 Å². The monoisotopic (exact) mass is 375 g/mol. The third kappa shape index (κ3) is 3.61. The van der Waals surface area contributed by atoms with E-state index in [2.05, 4.69) is 22.1 Å². The van der Waals surface area contributed by atoms with Gasteiger partial charge in [-0.3, -0.25) is 4.79 Å². The molecule has 140 valence electrons. The molecule has 1 aliphatic carbocycles. The molecular formula is C18H25N5O2S. The minimum Gasteiger partial charge on any atom is -0.378 e. The molecule has 0 bridgehead atoms. The van der Waals surface area contributed by atoms with E-state index in [9.17, 15) is 4.79 Å². The summed E-state index contributed by atoms with van der Waals surface area (Å²) in [4.78, 5) is 25.3. The molecule has 1 amide bonds. The molecule has 1 unspecified atom stereocenters. The van der Waals surface area contributed by atoms with Crippen molar-refractivity contribution in [2.75, 3.05) is 31.2 Å². The molecule has 0 spiro atoms. The molecule has 0 radical (unpaired) electrons. The molecule has 1 aliphatic heterocycles. The Labute approximate surface area is 157 Å².